The van der Waals surface area contributed by atoms with Crippen molar-refractivity contribution in [2.24, 2.45) is 5.92 Å². The van der Waals surface area contributed by atoms with Crippen molar-refractivity contribution in [3.63, 3.8) is 0 Å². The molecule has 1 amide bonds. The van der Waals surface area contributed by atoms with Crippen molar-refractivity contribution in [1.82, 2.24) is 4.90 Å². The summed E-state index contributed by atoms with van der Waals surface area (Å²) in [4.78, 5) is 25.0. The predicted octanol–water partition coefficient (Wildman–Crippen LogP) is 2.17. The van der Waals surface area contributed by atoms with E-state index in [0.29, 0.717) is 0 Å². The summed E-state index contributed by atoms with van der Waals surface area (Å²) in [6.45, 7) is 1.91. The topological polar surface area (TPSA) is 57.6 Å². The standard InChI is InChI=1S/C16H19NO3/c1-10-4-2-3-5-12(10)13-8-14(13)16(20)17(9-15(18)19)11-6-7-11/h2-5,11,13-14H,6-9H2,1H3,(H,18,19)/t13-,14-/m0/s1. The zero-order valence-corrected chi connectivity index (χ0v) is 11.6. The van der Waals surface area contributed by atoms with Crippen LogP contribution in [-0.4, -0.2) is 34.5 Å². The Morgan fingerprint density at radius 2 is 2.00 bits per heavy atom. The van der Waals surface area contributed by atoms with Crippen LogP contribution < -0.4 is 0 Å². The molecule has 0 heterocycles. The number of carbonyl (C=O) groups excluding carboxylic acids is 1. The molecule has 1 aromatic carbocycles. The normalized spacial score (nSPS) is 24.2. The summed E-state index contributed by atoms with van der Waals surface area (Å²) in [5.74, 6) is -0.628. The molecule has 106 valence electrons. The second-order valence-electron chi connectivity index (χ2n) is 5.90. The van der Waals surface area contributed by atoms with Crippen LogP contribution in [0.4, 0.5) is 0 Å². The first-order chi connectivity index (χ1) is 9.58. The Morgan fingerprint density at radius 1 is 1.30 bits per heavy atom. The van der Waals surface area contributed by atoms with Crippen molar-refractivity contribution in [3.05, 3.63) is 35.4 Å². The number of aliphatic carboxylic acids is 1. The summed E-state index contributed by atoms with van der Waals surface area (Å²) in [5, 5.41) is 8.94. The first kappa shape index (κ1) is 13.2. The molecule has 1 aromatic rings. The number of carboxylic acid groups (broad SMARTS) is 1. The molecule has 4 nitrogen and oxygen atoms in total. The molecule has 0 radical (unpaired) electrons. The first-order valence-electron chi connectivity index (χ1n) is 7.15. The third-order valence-corrected chi connectivity index (χ3v) is 4.27. The van der Waals surface area contributed by atoms with Crippen LogP contribution in [0.5, 0.6) is 0 Å². The Morgan fingerprint density at radius 3 is 2.60 bits per heavy atom. The average molecular weight is 273 g/mol. The van der Waals surface area contributed by atoms with E-state index < -0.39 is 5.97 Å². The monoisotopic (exact) mass is 273 g/mol. The van der Waals surface area contributed by atoms with Gasteiger partial charge in [-0.3, -0.25) is 9.59 Å². The molecule has 0 unspecified atom stereocenters. The van der Waals surface area contributed by atoms with Crippen LogP contribution in [0.1, 0.15) is 36.3 Å². The van der Waals surface area contributed by atoms with Gasteiger partial charge in [-0.2, -0.15) is 0 Å². The summed E-state index contributed by atoms with van der Waals surface area (Å²) >= 11 is 0. The second kappa shape index (κ2) is 4.93. The molecular formula is C16H19NO3. The molecule has 1 N–H and O–H groups in total. The summed E-state index contributed by atoms with van der Waals surface area (Å²) in [6, 6.07) is 8.30. The van der Waals surface area contributed by atoms with Gasteiger partial charge >= 0.3 is 5.97 Å². The fraction of sp³-hybridized carbons (Fsp3) is 0.500. The van der Waals surface area contributed by atoms with Gasteiger partial charge in [-0.15, -0.1) is 0 Å². The zero-order chi connectivity index (χ0) is 14.3. The van der Waals surface area contributed by atoms with E-state index in [9.17, 15) is 9.59 Å². The maximum Gasteiger partial charge on any atom is 0.323 e. The van der Waals surface area contributed by atoms with Gasteiger partial charge in [0.05, 0.1) is 0 Å². The van der Waals surface area contributed by atoms with E-state index in [1.54, 1.807) is 4.90 Å². The van der Waals surface area contributed by atoms with Crippen LogP contribution in [0.25, 0.3) is 0 Å². The molecule has 2 aliphatic rings. The molecule has 20 heavy (non-hydrogen) atoms. The lowest BCUT2D eigenvalue weighted by molar-refractivity contribution is -0.145. The number of rotatable bonds is 5. The van der Waals surface area contributed by atoms with Gasteiger partial charge in [0.2, 0.25) is 5.91 Å². The molecular weight excluding hydrogens is 254 g/mol. The van der Waals surface area contributed by atoms with Crippen molar-refractivity contribution in [2.75, 3.05) is 6.54 Å². The predicted molar refractivity (Wildman–Crippen MR) is 74.4 cm³/mol. The molecule has 2 aliphatic carbocycles. The van der Waals surface area contributed by atoms with E-state index in [2.05, 4.69) is 19.1 Å². The van der Waals surface area contributed by atoms with Crippen LogP contribution in [0, 0.1) is 12.8 Å². The average Bonchev–Trinajstić information content (AvgIpc) is 3.26. The lowest BCUT2D eigenvalue weighted by atomic mass is 10.0. The highest BCUT2D eigenvalue weighted by atomic mass is 16.4. The minimum Gasteiger partial charge on any atom is -0.480 e. The fourth-order valence-electron chi connectivity index (χ4n) is 2.95. The third kappa shape index (κ3) is 2.55. The maximum absolute atomic E-state index is 12.5. The number of carboxylic acids is 1. The quantitative estimate of drug-likeness (QED) is 0.894. The molecule has 0 saturated heterocycles. The van der Waals surface area contributed by atoms with Gasteiger partial charge in [0.1, 0.15) is 6.54 Å². The lowest BCUT2D eigenvalue weighted by Crippen LogP contribution is -2.38. The Kier molecular flexibility index (Phi) is 3.24. The van der Waals surface area contributed by atoms with Gasteiger partial charge in [-0.05, 0) is 43.2 Å². The largest absolute Gasteiger partial charge is 0.480 e. The minimum absolute atomic E-state index is 0.0175. The highest BCUT2D eigenvalue weighted by Crippen LogP contribution is 2.50. The summed E-state index contributed by atoms with van der Waals surface area (Å²) in [7, 11) is 0. The molecule has 0 aliphatic heterocycles. The summed E-state index contributed by atoms with van der Waals surface area (Å²) in [5.41, 5.74) is 2.45. The van der Waals surface area contributed by atoms with Gasteiger partial charge in [0.25, 0.3) is 0 Å². The molecule has 4 heteroatoms. The molecule has 2 atom stereocenters. The lowest BCUT2D eigenvalue weighted by Gasteiger charge is -2.20. The van der Waals surface area contributed by atoms with Crippen molar-refractivity contribution in [3.8, 4) is 0 Å². The number of nitrogens with zero attached hydrogens (tertiary/aromatic N) is 1. The Bertz CT molecular complexity index is 550. The van der Waals surface area contributed by atoms with Crippen LogP contribution >= 0.6 is 0 Å². The summed E-state index contributed by atoms with van der Waals surface area (Å²) in [6.07, 6.45) is 2.74. The van der Waals surface area contributed by atoms with E-state index in [1.165, 1.54) is 11.1 Å². The maximum atomic E-state index is 12.5. The fourth-order valence-corrected chi connectivity index (χ4v) is 2.95. The third-order valence-electron chi connectivity index (χ3n) is 4.27. The SMILES string of the molecule is Cc1ccccc1[C@@H]1C[C@@H]1C(=O)N(CC(=O)O)C1CC1. The van der Waals surface area contributed by atoms with Crippen LogP contribution in [0.3, 0.4) is 0 Å². The van der Waals surface area contributed by atoms with Gasteiger partial charge < -0.3 is 10.0 Å². The molecule has 0 aromatic heterocycles. The smallest absolute Gasteiger partial charge is 0.323 e. The molecule has 0 spiro atoms. The van der Waals surface area contributed by atoms with E-state index in [-0.39, 0.29) is 30.3 Å². The highest BCUT2D eigenvalue weighted by molar-refractivity contribution is 5.86. The number of hydrogen-bond donors (Lipinski definition) is 1. The van der Waals surface area contributed by atoms with Gasteiger partial charge in [-0.25, -0.2) is 0 Å². The number of amides is 1. The Hall–Kier alpha value is -1.84. The van der Waals surface area contributed by atoms with Crippen molar-refractivity contribution >= 4 is 11.9 Å². The van der Waals surface area contributed by atoms with Gasteiger partial charge in [0.15, 0.2) is 0 Å². The first-order valence-corrected chi connectivity index (χ1v) is 7.15. The van der Waals surface area contributed by atoms with Crippen molar-refractivity contribution < 1.29 is 14.7 Å². The van der Waals surface area contributed by atoms with E-state index >= 15 is 0 Å². The highest BCUT2D eigenvalue weighted by Gasteiger charge is 2.48. The van der Waals surface area contributed by atoms with Gasteiger partial charge in [0, 0.05) is 12.0 Å². The van der Waals surface area contributed by atoms with Crippen molar-refractivity contribution in [2.45, 2.75) is 38.1 Å². The summed E-state index contributed by atoms with van der Waals surface area (Å²) < 4.78 is 0. The molecule has 2 fully saturated rings. The van der Waals surface area contributed by atoms with E-state index in [0.717, 1.165) is 19.3 Å². The van der Waals surface area contributed by atoms with Crippen molar-refractivity contribution in [1.29, 1.82) is 0 Å². The van der Waals surface area contributed by atoms with Crippen LogP contribution in [0.15, 0.2) is 24.3 Å². The Balaban J connectivity index is 1.70. The molecule has 3 rings (SSSR count). The minimum atomic E-state index is -0.918. The number of hydrogen-bond acceptors (Lipinski definition) is 2. The van der Waals surface area contributed by atoms with Gasteiger partial charge in [-0.1, -0.05) is 24.3 Å². The zero-order valence-electron chi connectivity index (χ0n) is 11.6. The number of aryl methyl sites for hydroxylation is 1. The molecule has 2 saturated carbocycles. The molecule has 0 bridgehead atoms. The van der Waals surface area contributed by atoms with Crippen LogP contribution in [-0.2, 0) is 9.59 Å². The van der Waals surface area contributed by atoms with Crippen LogP contribution in [0.2, 0.25) is 0 Å². The number of benzene rings is 1. The van der Waals surface area contributed by atoms with E-state index in [1.807, 2.05) is 12.1 Å². The Labute approximate surface area is 118 Å². The second-order valence-corrected chi connectivity index (χ2v) is 5.90. The van der Waals surface area contributed by atoms with E-state index in [4.69, 9.17) is 5.11 Å². The number of carbonyl (C=O) groups is 2.